The van der Waals surface area contributed by atoms with Crippen molar-refractivity contribution in [3.63, 3.8) is 0 Å². The Morgan fingerprint density at radius 1 is 0.938 bits per heavy atom. The van der Waals surface area contributed by atoms with E-state index in [1.54, 1.807) is 12.1 Å². The van der Waals surface area contributed by atoms with E-state index in [0.717, 1.165) is 12.0 Å². The van der Waals surface area contributed by atoms with Crippen molar-refractivity contribution in [2.24, 2.45) is 0 Å². The number of hydrogen-bond donors (Lipinski definition) is 1. The van der Waals surface area contributed by atoms with Gasteiger partial charge in [0.2, 0.25) is 0 Å². The zero-order valence-corrected chi connectivity index (χ0v) is 8.93. The summed E-state index contributed by atoms with van der Waals surface area (Å²) in [5, 5.41) is 8.63. The highest BCUT2D eigenvalue weighted by Gasteiger charge is 2.26. The number of hydrogen-bond acceptors (Lipinski definition) is 1. The fourth-order valence-electron chi connectivity index (χ4n) is 1.44. The van der Waals surface area contributed by atoms with Gasteiger partial charge in [-0.25, -0.2) is 0 Å². The predicted molar refractivity (Wildman–Crippen MR) is 56.2 cm³/mol. The van der Waals surface area contributed by atoms with Crippen molar-refractivity contribution in [1.82, 2.24) is 0 Å². The molecule has 0 bridgehead atoms. The Hall–Kier alpha value is -1.03. The molecule has 0 amide bonds. The lowest BCUT2D eigenvalue weighted by Crippen LogP contribution is -2.08. The van der Waals surface area contributed by atoms with Gasteiger partial charge in [0.05, 0.1) is 0 Å². The average molecular weight is 232 g/mol. The van der Waals surface area contributed by atoms with Gasteiger partial charge in [-0.15, -0.1) is 0 Å². The summed E-state index contributed by atoms with van der Waals surface area (Å²) in [5.41, 5.74) is 1.75. The maximum absolute atomic E-state index is 12.0. The Kier molecular flexibility index (Phi) is 4.80. The largest absolute Gasteiger partial charge is 0.396 e. The minimum Gasteiger partial charge on any atom is -0.396 e. The van der Waals surface area contributed by atoms with Gasteiger partial charge in [-0.3, -0.25) is 0 Å². The van der Waals surface area contributed by atoms with E-state index in [2.05, 4.69) is 0 Å². The summed E-state index contributed by atoms with van der Waals surface area (Å²) in [4.78, 5) is 0. The van der Waals surface area contributed by atoms with Crippen LogP contribution in [-0.4, -0.2) is 17.9 Å². The fraction of sp³-hybridized carbons (Fsp3) is 0.500. The molecule has 90 valence electrons. The van der Waals surface area contributed by atoms with Crippen LogP contribution in [0.15, 0.2) is 24.3 Å². The first-order valence-corrected chi connectivity index (χ1v) is 5.27. The van der Waals surface area contributed by atoms with Gasteiger partial charge in [0.25, 0.3) is 0 Å². The maximum atomic E-state index is 12.0. The Morgan fingerprint density at radius 2 is 1.44 bits per heavy atom. The standard InChI is InChI=1S/C12H15F3O/c13-12(14,15)8-7-11-5-3-10(4-6-11)2-1-9-16/h3-6,16H,1-2,7-9H2. The highest BCUT2D eigenvalue weighted by molar-refractivity contribution is 5.22. The number of rotatable bonds is 5. The Bertz CT molecular complexity index is 303. The van der Waals surface area contributed by atoms with Crippen LogP contribution in [0.25, 0.3) is 0 Å². The van der Waals surface area contributed by atoms with Crippen LogP contribution >= 0.6 is 0 Å². The monoisotopic (exact) mass is 232 g/mol. The predicted octanol–water partition coefficient (Wildman–Crippen LogP) is 3.11. The van der Waals surface area contributed by atoms with Crippen LogP contribution in [0.4, 0.5) is 13.2 Å². The summed E-state index contributed by atoms with van der Waals surface area (Å²) in [5.74, 6) is 0. The average Bonchev–Trinajstić information content (AvgIpc) is 2.24. The molecular weight excluding hydrogens is 217 g/mol. The van der Waals surface area contributed by atoms with Gasteiger partial charge in [0, 0.05) is 13.0 Å². The third-order valence-corrected chi connectivity index (χ3v) is 2.34. The van der Waals surface area contributed by atoms with Crippen LogP contribution in [0.5, 0.6) is 0 Å². The third kappa shape index (κ3) is 5.16. The van der Waals surface area contributed by atoms with E-state index in [-0.39, 0.29) is 13.0 Å². The Balaban J connectivity index is 2.45. The molecule has 0 unspecified atom stereocenters. The molecule has 0 heterocycles. The normalized spacial score (nSPS) is 11.8. The van der Waals surface area contributed by atoms with Crippen molar-refractivity contribution in [1.29, 1.82) is 0 Å². The molecule has 0 spiro atoms. The summed E-state index contributed by atoms with van der Waals surface area (Å²) >= 11 is 0. The molecule has 0 radical (unpaired) electrons. The maximum Gasteiger partial charge on any atom is 0.389 e. The van der Waals surface area contributed by atoms with E-state index in [9.17, 15) is 13.2 Å². The van der Waals surface area contributed by atoms with Crippen LogP contribution in [0.3, 0.4) is 0 Å². The van der Waals surface area contributed by atoms with E-state index >= 15 is 0 Å². The molecule has 0 aliphatic heterocycles. The lowest BCUT2D eigenvalue weighted by molar-refractivity contribution is -0.133. The van der Waals surface area contributed by atoms with Gasteiger partial charge in [-0.05, 0) is 30.4 Å². The molecule has 1 rings (SSSR count). The molecule has 1 N–H and O–H groups in total. The highest BCUT2D eigenvalue weighted by atomic mass is 19.4. The van der Waals surface area contributed by atoms with Crippen LogP contribution < -0.4 is 0 Å². The molecule has 0 saturated carbocycles. The molecule has 0 saturated heterocycles. The van der Waals surface area contributed by atoms with Gasteiger partial charge in [-0.2, -0.15) is 13.2 Å². The van der Waals surface area contributed by atoms with Crippen molar-refractivity contribution in [2.45, 2.75) is 31.9 Å². The van der Waals surface area contributed by atoms with E-state index in [4.69, 9.17) is 5.11 Å². The Labute approximate surface area is 92.9 Å². The summed E-state index contributed by atoms with van der Waals surface area (Å²) in [6.45, 7) is 0.135. The van der Waals surface area contributed by atoms with E-state index < -0.39 is 12.6 Å². The smallest absolute Gasteiger partial charge is 0.389 e. The second-order valence-electron chi connectivity index (χ2n) is 3.76. The van der Waals surface area contributed by atoms with Crippen LogP contribution in [0.1, 0.15) is 24.0 Å². The number of aliphatic hydroxyl groups excluding tert-OH is 1. The van der Waals surface area contributed by atoms with E-state index in [0.29, 0.717) is 12.0 Å². The van der Waals surface area contributed by atoms with Crippen LogP contribution in [0, 0.1) is 0 Å². The zero-order valence-electron chi connectivity index (χ0n) is 8.93. The van der Waals surface area contributed by atoms with Gasteiger partial charge < -0.3 is 5.11 Å². The lowest BCUT2D eigenvalue weighted by Gasteiger charge is -2.06. The number of alkyl halides is 3. The molecule has 16 heavy (non-hydrogen) atoms. The van der Waals surface area contributed by atoms with Gasteiger partial charge >= 0.3 is 6.18 Å². The number of halogens is 3. The molecule has 0 aliphatic rings. The summed E-state index contributed by atoms with van der Waals surface area (Å²) in [6.07, 6.45) is -3.39. The molecule has 0 fully saturated rings. The molecule has 1 aromatic rings. The van der Waals surface area contributed by atoms with Crippen molar-refractivity contribution in [3.05, 3.63) is 35.4 Å². The molecule has 1 nitrogen and oxygen atoms in total. The first-order chi connectivity index (χ1) is 7.51. The third-order valence-electron chi connectivity index (χ3n) is 2.34. The van der Waals surface area contributed by atoms with Crippen LogP contribution in [0.2, 0.25) is 0 Å². The minimum atomic E-state index is -4.09. The first-order valence-electron chi connectivity index (χ1n) is 5.27. The summed E-state index contributed by atoms with van der Waals surface area (Å²) in [6, 6.07) is 7.08. The molecular formula is C12H15F3O. The second kappa shape index (κ2) is 5.89. The number of benzene rings is 1. The van der Waals surface area contributed by atoms with Crippen molar-refractivity contribution in [2.75, 3.05) is 6.61 Å². The van der Waals surface area contributed by atoms with Gasteiger partial charge in [-0.1, -0.05) is 24.3 Å². The van der Waals surface area contributed by atoms with Gasteiger partial charge in [0.15, 0.2) is 0 Å². The minimum absolute atomic E-state index is 0.0315. The lowest BCUT2D eigenvalue weighted by atomic mass is 10.0. The van der Waals surface area contributed by atoms with Crippen molar-refractivity contribution in [3.8, 4) is 0 Å². The second-order valence-corrected chi connectivity index (χ2v) is 3.76. The molecule has 4 heteroatoms. The van der Waals surface area contributed by atoms with Crippen LogP contribution in [-0.2, 0) is 12.8 Å². The molecule has 0 aromatic heterocycles. The van der Waals surface area contributed by atoms with E-state index in [1.807, 2.05) is 12.1 Å². The Morgan fingerprint density at radius 3 is 1.88 bits per heavy atom. The summed E-state index contributed by atoms with van der Waals surface area (Å²) < 4.78 is 35.9. The highest BCUT2D eigenvalue weighted by Crippen LogP contribution is 2.22. The molecule has 1 aromatic carbocycles. The first kappa shape index (κ1) is 13.0. The molecule has 0 aliphatic carbocycles. The molecule has 0 atom stereocenters. The van der Waals surface area contributed by atoms with E-state index in [1.165, 1.54) is 0 Å². The quantitative estimate of drug-likeness (QED) is 0.827. The number of aryl methyl sites for hydroxylation is 2. The zero-order chi connectivity index (χ0) is 12.0. The topological polar surface area (TPSA) is 20.2 Å². The number of aliphatic hydroxyl groups is 1. The SMILES string of the molecule is OCCCc1ccc(CCC(F)(F)F)cc1. The van der Waals surface area contributed by atoms with Crippen molar-refractivity contribution < 1.29 is 18.3 Å². The van der Waals surface area contributed by atoms with Gasteiger partial charge in [0.1, 0.15) is 0 Å². The fourth-order valence-corrected chi connectivity index (χ4v) is 1.44. The van der Waals surface area contributed by atoms with Crippen molar-refractivity contribution >= 4 is 0 Å². The summed E-state index contributed by atoms with van der Waals surface area (Å²) in [7, 11) is 0.